The second-order valence-electron chi connectivity index (χ2n) is 5.97. The summed E-state index contributed by atoms with van der Waals surface area (Å²) in [5.41, 5.74) is 4.78. The Labute approximate surface area is 161 Å². The Balaban J connectivity index is 2.47. The lowest BCUT2D eigenvalue weighted by molar-refractivity contribution is 0.0599. The summed E-state index contributed by atoms with van der Waals surface area (Å²) in [6.07, 6.45) is 2.72. The van der Waals surface area contributed by atoms with Crippen LogP contribution in [0.2, 0.25) is 0 Å². The van der Waals surface area contributed by atoms with Crippen LogP contribution in [0.4, 0.5) is 11.5 Å². The molecule has 2 aromatic heterocycles. The van der Waals surface area contributed by atoms with Crippen molar-refractivity contribution in [1.82, 2.24) is 14.5 Å². The van der Waals surface area contributed by atoms with Crippen LogP contribution in [0.5, 0.6) is 0 Å². The van der Waals surface area contributed by atoms with Crippen LogP contribution in [0.3, 0.4) is 0 Å². The van der Waals surface area contributed by atoms with Crippen LogP contribution in [0.15, 0.2) is 27.9 Å². The Bertz CT molecular complexity index is 977. The van der Waals surface area contributed by atoms with Gasteiger partial charge in [0.15, 0.2) is 5.69 Å². The number of aromatic amines is 1. The predicted molar refractivity (Wildman–Crippen MR) is 104 cm³/mol. The molecule has 0 bridgehead atoms. The molecule has 0 aromatic carbocycles. The zero-order chi connectivity index (χ0) is 20.8. The van der Waals surface area contributed by atoms with Gasteiger partial charge in [0, 0.05) is 19.3 Å². The van der Waals surface area contributed by atoms with Gasteiger partial charge in [-0.25, -0.2) is 9.59 Å². The van der Waals surface area contributed by atoms with E-state index in [1.165, 1.54) is 30.0 Å². The number of anilines is 2. The molecule has 1 amide bonds. The van der Waals surface area contributed by atoms with Gasteiger partial charge in [-0.15, -0.1) is 0 Å². The highest BCUT2D eigenvalue weighted by molar-refractivity contribution is 6.06. The number of nitrogens with one attached hydrogen (secondary N) is 1. The van der Waals surface area contributed by atoms with Crippen molar-refractivity contribution in [1.29, 1.82) is 0 Å². The van der Waals surface area contributed by atoms with Crippen molar-refractivity contribution in [2.45, 2.75) is 33.2 Å². The first kappa shape index (κ1) is 20.9. The first-order valence-electron chi connectivity index (χ1n) is 8.84. The number of ether oxygens (including phenoxy) is 1. The third-order valence-electron chi connectivity index (χ3n) is 4.18. The molecule has 0 aliphatic carbocycles. The lowest BCUT2D eigenvalue weighted by Crippen LogP contribution is -2.41. The van der Waals surface area contributed by atoms with Gasteiger partial charge in [0.25, 0.3) is 11.5 Å². The molecule has 0 radical (unpaired) electrons. The summed E-state index contributed by atoms with van der Waals surface area (Å²) in [7, 11) is 1.24. The van der Waals surface area contributed by atoms with E-state index in [-0.39, 0.29) is 29.3 Å². The van der Waals surface area contributed by atoms with Crippen molar-refractivity contribution < 1.29 is 14.3 Å². The van der Waals surface area contributed by atoms with E-state index < -0.39 is 23.1 Å². The lowest BCUT2D eigenvalue weighted by Gasteiger charge is -2.22. The predicted octanol–water partition coefficient (Wildman–Crippen LogP) is 0.767. The molecule has 10 nitrogen and oxygen atoms in total. The molecule has 10 heteroatoms. The van der Waals surface area contributed by atoms with Gasteiger partial charge in [0.05, 0.1) is 12.7 Å². The number of aromatic nitrogens is 3. The van der Waals surface area contributed by atoms with Crippen LogP contribution >= 0.6 is 0 Å². The van der Waals surface area contributed by atoms with E-state index in [2.05, 4.69) is 14.7 Å². The molecular weight excluding hydrogens is 366 g/mol. The van der Waals surface area contributed by atoms with Crippen LogP contribution in [0.1, 0.15) is 47.5 Å². The molecule has 0 aliphatic rings. The lowest BCUT2D eigenvalue weighted by atomic mass is 10.2. The molecule has 2 heterocycles. The molecule has 0 saturated heterocycles. The molecule has 2 aromatic rings. The fourth-order valence-corrected chi connectivity index (χ4v) is 2.68. The minimum atomic E-state index is -0.753. The third-order valence-corrected chi connectivity index (χ3v) is 4.18. The smallest absolute Gasteiger partial charge is 0.339 e. The van der Waals surface area contributed by atoms with Gasteiger partial charge in [0.1, 0.15) is 11.5 Å². The average molecular weight is 389 g/mol. The number of methoxy groups -OCH3 is 1. The Morgan fingerprint density at radius 1 is 1.29 bits per heavy atom. The van der Waals surface area contributed by atoms with Crippen LogP contribution < -0.4 is 21.9 Å². The molecule has 0 saturated carbocycles. The minimum Gasteiger partial charge on any atom is -0.465 e. The number of esters is 1. The minimum absolute atomic E-state index is 0.0135. The molecule has 0 unspecified atom stereocenters. The zero-order valence-corrected chi connectivity index (χ0v) is 16.0. The maximum absolute atomic E-state index is 12.9. The van der Waals surface area contributed by atoms with Crippen LogP contribution in [0.25, 0.3) is 0 Å². The summed E-state index contributed by atoms with van der Waals surface area (Å²) >= 11 is 0. The number of unbranched alkanes of at least 4 members (excludes halogenated alkanes) is 1. The maximum Gasteiger partial charge on any atom is 0.339 e. The third kappa shape index (κ3) is 4.11. The molecule has 150 valence electrons. The van der Waals surface area contributed by atoms with E-state index in [1.54, 1.807) is 6.92 Å². The fraction of sp³-hybridized carbons (Fsp3) is 0.389. The van der Waals surface area contributed by atoms with Gasteiger partial charge >= 0.3 is 11.7 Å². The molecule has 0 aliphatic heterocycles. The Morgan fingerprint density at radius 2 is 2.00 bits per heavy atom. The maximum atomic E-state index is 12.9. The van der Waals surface area contributed by atoms with Crippen molar-refractivity contribution in [2.24, 2.45) is 0 Å². The van der Waals surface area contributed by atoms with Crippen molar-refractivity contribution in [3.05, 3.63) is 50.4 Å². The normalized spacial score (nSPS) is 10.5. The summed E-state index contributed by atoms with van der Waals surface area (Å²) in [5.74, 6) is -1.25. The second-order valence-corrected chi connectivity index (χ2v) is 5.97. The molecule has 0 spiro atoms. The molecule has 0 atom stereocenters. The quantitative estimate of drug-likeness (QED) is 0.666. The summed E-state index contributed by atoms with van der Waals surface area (Å²) in [6.45, 7) is 4.07. The van der Waals surface area contributed by atoms with Gasteiger partial charge in [-0.1, -0.05) is 13.3 Å². The van der Waals surface area contributed by atoms with Crippen LogP contribution in [-0.2, 0) is 11.3 Å². The summed E-state index contributed by atoms with van der Waals surface area (Å²) in [5, 5.41) is 0. The number of nitrogens with zero attached hydrogens (tertiary/aromatic N) is 3. The van der Waals surface area contributed by atoms with E-state index in [4.69, 9.17) is 5.73 Å². The highest BCUT2D eigenvalue weighted by Gasteiger charge is 2.25. The number of hydrogen-bond donors (Lipinski definition) is 2. The number of hydrogen-bond acceptors (Lipinski definition) is 7. The molecule has 2 rings (SSSR count). The molecule has 0 fully saturated rings. The monoisotopic (exact) mass is 389 g/mol. The highest BCUT2D eigenvalue weighted by Crippen LogP contribution is 2.19. The number of H-pyrrole nitrogens is 1. The zero-order valence-electron chi connectivity index (χ0n) is 16.0. The van der Waals surface area contributed by atoms with Crippen LogP contribution in [-0.4, -0.2) is 40.1 Å². The van der Waals surface area contributed by atoms with E-state index in [0.29, 0.717) is 13.0 Å². The number of carbonyl (C=O) groups is 2. The van der Waals surface area contributed by atoms with E-state index in [0.717, 1.165) is 11.3 Å². The van der Waals surface area contributed by atoms with E-state index in [9.17, 15) is 19.2 Å². The average Bonchev–Trinajstić information content (AvgIpc) is 2.69. The number of carbonyl (C=O) groups excluding carboxylic acids is 2. The second kappa shape index (κ2) is 8.98. The van der Waals surface area contributed by atoms with Gasteiger partial charge in [-0.2, -0.15) is 0 Å². The summed E-state index contributed by atoms with van der Waals surface area (Å²) in [4.78, 5) is 56.2. The number of nitrogens with two attached hydrogens (primary N) is 1. The molecule has 3 N–H and O–H groups in total. The summed E-state index contributed by atoms with van der Waals surface area (Å²) < 4.78 is 5.83. The number of amides is 1. The topological polar surface area (TPSA) is 140 Å². The highest BCUT2D eigenvalue weighted by atomic mass is 16.5. The van der Waals surface area contributed by atoms with Gasteiger partial charge in [-0.3, -0.25) is 29.0 Å². The van der Waals surface area contributed by atoms with Gasteiger partial charge in [0.2, 0.25) is 0 Å². The van der Waals surface area contributed by atoms with Crippen molar-refractivity contribution >= 4 is 23.4 Å². The van der Waals surface area contributed by atoms with Crippen LogP contribution in [0, 0.1) is 0 Å². The first-order valence-corrected chi connectivity index (χ1v) is 8.84. The van der Waals surface area contributed by atoms with E-state index >= 15 is 0 Å². The number of nitrogen functional groups attached to an aromatic ring is 1. The largest absolute Gasteiger partial charge is 0.465 e. The van der Waals surface area contributed by atoms with Gasteiger partial charge in [-0.05, 0) is 25.5 Å². The SMILES string of the molecule is CCCCn1c(N)c(N(CC)C(=O)c2ccc(C(=O)OC)cn2)c(=O)[nH]c1=O. The fourth-order valence-electron chi connectivity index (χ4n) is 2.68. The number of pyridine rings is 1. The summed E-state index contributed by atoms with van der Waals surface area (Å²) in [6, 6.07) is 2.75. The Morgan fingerprint density at radius 3 is 2.54 bits per heavy atom. The molecule has 28 heavy (non-hydrogen) atoms. The molecular formula is C18H23N5O5. The van der Waals surface area contributed by atoms with Crippen molar-refractivity contribution in [2.75, 3.05) is 24.3 Å². The van der Waals surface area contributed by atoms with Gasteiger partial charge < -0.3 is 10.5 Å². The standard InChI is InChI=1S/C18H23N5O5/c1-4-6-9-23-14(19)13(15(24)21-18(23)27)22(5-2)16(25)12-8-7-11(10-20-12)17(26)28-3/h7-8,10H,4-6,9,19H2,1-3H3,(H,21,24,27). The van der Waals surface area contributed by atoms with Crippen molar-refractivity contribution in [3.8, 4) is 0 Å². The first-order chi connectivity index (χ1) is 13.3. The number of rotatable bonds is 7. The Hall–Kier alpha value is -3.43. The van der Waals surface area contributed by atoms with Crippen molar-refractivity contribution in [3.63, 3.8) is 0 Å². The van der Waals surface area contributed by atoms with E-state index in [1.807, 2.05) is 6.92 Å². The Kier molecular flexibility index (Phi) is 6.69.